The molecule has 1 fully saturated rings. The molecule has 0 radical (unpaired) electrons. The third kappa shape index (κ3) is 4.33. The summed E-state index contributed by atoms with van der Waals surface area (Å²) in [6, 6.07) is 12.4. The number of nitriles is 2. The molecule has 3 rings (SSSR count). The van der Waals surface area contributed by atoms with E-state index in [9.17, 15) is 10.4 Å². The van der Waals surface area contributed by atoms with E-state index < -0.39 is 5.72 Å². The van der Waals surface area contributed by atoms with Crippen molar-refractivity contribution in [2.24, 2.45) is 4.99 Å². The van der Waals surface area contributed by atoms with Crippen molar-refractivity contribution >= 4 is 17.2 Å². The Bertz CT molecular complexity index is 831. The van der Waals surface area contributed by atoms with E-state index in [1.165, 1.54) is 39.3 Å². The highest BCUT2D eigenvalue weighted by Gasteiger charge is 2.38. The fourth-order valence-electron chi connectivity index (χ4n) is 3.03. The molecular formula is C20H21N5O. The number of hydrogen-bond acceptors (Lipinski definition) is 4. The van der Waals surface area contributed by atoms with Crippen LogP contribution < -0.4 is 5.32 Å². The lowest BCUT2D eigenvalue weighted by atomic mass is 9.92. The van der Waals surface area contributed by atoms with Crippen LogP contribution >= 0.6 is 0 Å². The molecule has 0 aromatic heterocycles. The zero-order chi connectivity index (χ0) is 19.0. The Balaban J connectivity index is 0.000000342. The molecule has 1 aromatic rings. The second-order valence-corrected chi connectivity index (χ2v) is 6.23. The van der Waals surface area contributed by atoms with Crippen LogP contribution in [-0.4, -0.2) is 35.5 Å². The van der Waals surface area contributed by atoms with Crippen LogP contribution in [0.1, 0.15) is 31.7 Å². The van der Waals surface area contributed by atoms with Gasteiger partial charge in [0, 0.05) is 5.57 Å². The molecule has 0 saturated carbocycles. The van der Waals surface area contributed by atoms with Crippen LogP contribution in [0.4, 0.5) is 0 Å². The number of rotatable bonds is 2. The maximum atomic E-state index is 10.4. The van der Waals surface area contributed by atoms with Crippen molar-refractivity contribution in [2.75, 3.05) is 13.1 Å². The number of nitrogens with two attached hydrogens (primary N) is 1. The monoisotopic (exact) mass is 347 g/mol. The molecule has 0 bridgehead atoms. The molecule has 6 nitrogen and oxygen atoms in total. The Morgan fingerprint density at radius 1 is 1.19 bits per heavy atom. The number of aliphatic hydroxyl groups is 1. The van der Waals surface area contributed by atoms with E-state index in [0.29, 0.717) is 11.1 Å². The highest BCUT2D eigenvalue weighted by molar-refractivity contribution is 6.27. The van der Waals surface area contributed by atoms with Gasteiger partial charge in [0.25, 0.3) is 0 Å². The van der Waals surface area contributed by atoms with Gasteiger partial charge in [-0.3, -0.25) is 0 Å². The molecule has 6 heteroatoms. The van der Waals surface area contributed by atoms with Gasteiger partial charge in [0.05, 0.1) is 24.2 Å². The average molecular weight is 347 g/mol. The van der Waals surface area contributed by atoms with Crippen LogP contribution in [0.25, 0.3) is 11.0 Å². The molecule has 0 amide bonds. The van der Waals surface area contributed by atoms with Crippen LogP contribution in [0.15, 0.2) is 46.5 Å². The second-order valence-electron chi connectivity index (χ2n) is 6.23. The van der Waals surface area contributed by atoms with Gasteiger partial charge in [0.15, 0.2) is 5.72 Å². The summed E-state index contributed by atoms with van der Waals surface area (Å²) in [7, 11) is 0. The molecule has 0 spiro atoms. The zero-order valence-electron chi connectivity index (χ0n) is 14.7. The van der Waals surface area contributed by atoms with Crippen LogP contribution in [0.3, 0.4) is 0 Å². The minimum atomic E-state index is -1.64. The average Bonchev–Trinajstić information content (AvgIpc) is 2.95. The SMILES string of the molecule is C1CC[NH2+]CC1.CC1(O)N=C(C(=C=[N-])C#N)C(C#N)=C1c1ccccc1. The normalized spacial score (nSPS) is 21.5. The molecule has 3 N–H and O–H groups in total. The highest BCUT2D eigenvalue weighted by Crippen LogP contribution is 2.38. The van der Waals surface area contributed by atoms with E-state index in [1.807, 2.05) is 12.1 Å². The summed E-state index contributed by atoms with van der Waals surface area (Å²) in [5.74, 6) is 1.70. The van der Waals surface area contributed by atoms with E-state index in [2.05, 4.69) is 10.3 Å². The van der Waals surface area contributed by atoms with Gasteiger partial charge in [-0.25, -0.2) is 10.9 Å². The van der Waals surface area contributed by atoms with Crippen molar-refractivity contribution in [3.8, 4) is 12.1 Å². The van der Waals surface area contributed by atoms with Crippen molar-refractivity contribution in [2.45, 2.75) is 31.9 Å². The van der Waals surface area contributed by atoms with Gasteiger partial charge in [-0.2, -0.15) is 10.5 Å². The molecule has 132 valence electrons. The minimum absolute atomic E-state index is 0.0543. The Kier molecular flexibility index (Phi) is 6.60. The molecule has 1 aromatic carbocycles. The Morgan fingerprint density at radius 3 is 2.27 bits per heavy atom. The van der Waals surface area contributed by atoms with Crippen LogP contribution in [0, 0.1) is 22.7 Å². The summed E-state index contributed by atoms with van der Waals surface area (Å²) in [6.45, 7) is 4.17. The van der Waals surface area contributed by atoms with Crippen LogP contribution in [0.5, 0.6) is 0 Å². The standard InChI is InChI=1S/C15H9N4O.C5H11N/c1-15(20)13(10-5-3-2-4-6-10)12(9-18)14(19-15)11(7-16)8-17;1-2-4-6-5-3-1/h2-6,20H,1H3;6H,1-5H2/q-1;/p+1. The lowest BCUT2D eigenvalue weighted by Gasteiger charge is -2.18. The molecule has 2 aliphatic rings. The first-order chi connectivity index (χ1) is 12.5. The fraction of sp³-hybridized carbons (Fsp3) is 0.350. The minimum Gasteiger partial charge on any atom is -0.762 e. The zero-order valence-corrected chi connectivity index (χ0v) is 14.7. The van der Waals surface area contributed by atoms with E-state index in [1.54, 1.807) is 36.2 Å². The molecule has 0 aliphatic carbocycles. The van der Waals surface area contributed by atoms with Crippen molar-refractivity contribution in [3.63, 3.8) is 0 Å². The topological polar surface area (TPSA) is 119 Å². The molecule has 1 unspecified atom stereocenters. The Labute approximate surface area is 153 Å². The maximum Gasteiger partial charge on any atom is 0.182 e. The number of aliphatic imine (C=N–C) groups is 1. The lowest BCUT2D eigenvalue weighted by Crippen LogP contribution is -2.85. The third-order valence-electron chi connectivity index (χ3n) is 4.24. The molecule has 1 atom stereocenters. The summed E-state index contributed by atoms with van der Waals surface area (Å²) in [5.41, 5.74) is -0.990. The number of allylic oxidation sites excluding steroid dienone is 2. The van der Waals surface area contributed by atoms with Gasteiger partial charge >= 0.3 is 0 Å². The van der Waals surface area contributed by atoms with E-state index in [4.69, 9.17) is 10.7 Å². The van der Waals surface area contributed by atoms with Gasteiger partial charge in [-0.05, 0) is 31.7 Å². The summed E-state index contributed by atoms with van der Waals surface area (Å²) in [6.07, 6.45) is 4.36. The molecule has 26 heavy (non-hydrogen) atoms. The van der Waals surface area contributed by atoms with Crippen molar-refractivity contribution in [1.29, 1.82) is 10.5 Å². The number of piperidine rings is 1. The summed E-state index contributed by atoms with van der Waals surface area (Å²) in [4.78, 5) is 3.97. The van der Waals surface area contributed by atoms with Crippen molar-refractivity contribution in [1.82, 2.24) is 0 Å². The summed E-state index contributed by atoms with van der Waals surface area (Å²) >= 11 is 0. The van der Waals surface area contributed by atoms with Crippen molar-refractivity contribution < 1.29 is 10.4 Å². The molecular weight excluding hydrogens is 326 g/mol. The predicted octanol–water partition coefficient (Wildman–Crippen LogP) is 1.55. The van der Waals surface area contributed by atoms with Gasteiger partial charge in [-0.1, -0.05) is 30.3 Å². The van der Waals surface area contributed by atoms with E-state index >= 15 is 0 Å². The fourth-order valence-corrected chi connectivity index (χ4v) is 3.03. The smallest absolute Gasteiger partial charge is 0.182 e. The number of nitrogens with zero attached hydrogens (tertiary/aromatic N) is 4. The number of benzene rings is 1. The van der Waals surface area contributed by atoms with Crippen molar-refractivity contribution in [3.05, 3.63) is 52.5 Å². The molecule has 2 heterocycles. The summed E-state index contributed by atoms with van der Waals surface area (Å²) in [5, 5.41) is 39.9. The van der Waals surface area contributed by atoms with Gasteiger partial charge in [-0.15, -0.1) is 0 Å². The quantitative estimate of drug-likeness (QED) is 0.624. The third-order valence-corrected chi connectivity index (χ3v) is 4.24. The maximum absolute atomic E-state index is 10.4. The molecule has 2 aliphatic heterocycles. The first-order valence-corrected chi connectivity index (χ1v) is 8.57. The Morgan fingerprint density at radius 2 is 1.85 bits per heavy atom. The van der Waals surface area contributed by atoms with E-state index in [0.717, 1.165) is 0 Å². The van der Waals surface area contributed by atoms with E-state index in [-0.39, 0.29) is 16.9 Å². The molecule has 1 saturated heterocycles. The number of hydrogen-bond donors (Lipinski definition) is 2. The van der Waals surface area contributed by atoms with Gasteiger partial charge < -0.3 is 15.8 Å². The first kappa shape index (κ1) is 19.3. The van der Waals surface area contributed by atoms with Crippen LogP contribution in [0.2, 0.25) is 0 Å². The Hall–Kier alpha value is -3.02. The lowest BCUT2D eigenvalue weighted by molar-refractivity contribution is -0.662. The first-order valence-electron chi connectivity index (χ1n) is 8.57. The number of quaternary nitrogens is 1. The van der Waals surface area contributed by atoms with Gasteiger partial charge in [0.2, 0.25) is 0 Å². The predicted molar refractivity (Wildman–Crippen MR) is 100 cm³/mol. The van der Waals surface area contributed by atoms with Gasteiger partial charge in [0.1, 0.15) is 17.9 Å². The van der Waals surface area contributed by atoms with Crippen LogP contribution in [-0.2, 0) is 0 Å². The highest BCUT2D eigenvalue weighted by atomic mass is 16.3. The second kappa shape index (κ2) is 8.89. The largest absolute Gasteiger partial charge is 0.762 e. The summed E-state index contributed by atoms with van der Waals surface area (Å²) < 4.78 is 0.